The topological polar surface area (TPSA) is 152 Å². The number of thiazole rings is 1. The predicted molar refractivity (Wildman–Crippen MR) is 201 cm³/mol. The van der Waals surface area contributed by atoms with E-state index in [2.05, 4.69) is 25.8 Å². The Morgan fingerprint density at radius 3 is 2.48 bits per heavy atom. The number of carbonyl (C=O) groups is 4. The van der Waals surface area contributed by atoms with Crippen molar-refractivity contribution >= 4 is 76.0 Å². The summed E-state index contributed by atoms with van der Waals surface area (Å²) in [5, 5.41) is 12.6. The molecule has 264 valence electrons. The molecule has 2 aromatic carbocycles. The van der Waals surface area contributed by atoms with Gasteiger partial charge in [-0.05, 0) is 52.7 Å². The number of benzene rings is 2. The highest BCUT2D eigenvalue weighted by Crippen LogP contribution is 2.42. The standard InChI is InChI=1S/C37H32N6O6S3/c44-22-39-37-40-28(21-52-37)29(42-49-27-13-14-27)33(45)41-30-34(46)43-31(26(20-51-35(30)43)19-50-17-15-23-8-7-16-38-18-23)36(47)48-32(24-9-3-1-4-10-24)25-11-5-2-6-12-25/h1-12,15-18,21-22,27,30,32,35H,13-14,19-20H2,(H,41,45)(H,39,40,44)/b17-15-,42-29?/t30-,35+/m1/s1. The van der Waals surface area contributed by atoms with Crippen LogP contribution in [0.4, 0.5) is 5.13 Å². The number of ether oxygens (including phenoxy) is 1. The van der Waals surface area contributed by atoms with E-state index in [1.54, 1.807) is 17.8 Å². The van der Waals surface area contributed by atoms with Gasteiger partial charge >= 0.3 is 5.97 Å². The normalized spacial score (nSPS) is 18.5. The lowest BCUT2D eigenvalue weighted by atomic mass is 10.0. The number of rotatable bonds is 15. The van der Waals surface area contributed by atoms with Crippen molar-refractivity contribution in [2.24, 2.45) is 5.16 Å². The van der Waals surface area contributed by atoms with E-state index in [1.807, 2.05) is 84.3 Å². The highest BCUT2D eigenvalue weighted by molar-refractivity contribution is 8.02. The number of hydrogen-bond acceptors (Lipinski definition) is 12. The minimum absolute atomic E-state index is 0.0893. The summed E-state index contributed by atoms with van der Waals surface area (Å²) in [6.45, 7) is 0. The number of oxime groups is 1. The Labute approximate surface area is 311 Å². The van der Waals surface area contributed by atoms with Crippen molar-refractivity contribution in [2.75, 3.05) is 16.8 Å². The SMILES string of the molecule is O=CNc1nc(C(=NOC2CC2)C(=O)N[C@@H]2C(=O)N3C(C(=O)OC(c4ccccc4)c4ccccc4)=C(CS/C=C\c4cccnc4)CS[C@@H]23)cs1. The van der Waals surface area contributed by atoms with Crippen molar-refractivity contribution in [3.8, 4) is 0 Å². The third-order valence-corrected chi connectivity index (χ3v) is 11.2. The second-order valence-corrected chi connectivity index (χ2v) is 14.7. The maximum atomic E-state index is 14.3. The molecule has 0 unspecified atom stereocenters. The first-order valence-corrected chi connectivity index (χ1v) is 19.3. The van der Waals surface area contributed by atoms with Crippen LogP contribution in [-0.2, 0) is 28.8 Å². The van der Waals surface area contributed by atoms with Gasteiger partial charge in [0.25, 0.3) is 11.8 Å². The summed E-state index contributed by atoms with van der Waals surface area (Å²) in [5.74, 6) is -0.889. The summed E-state index contributed by atoms with van der Waals surface area (Å²) < 4.78 is 6.27. The lowest BCUT2D eigenvalue weighted by molar-refractivity contribution is -0.154. The molecule has 1 saturated heterocycles. The first kappa shape index (κ1) is 35.2. The molecule has 2 N–H and O–H groups in total. The summed E-state index contributed by atoms with van der Waals surface area (Å²) >= 11 is 4.06. The highest BCUT2D eigenvalue weighted by atomic mass is 32.2. The molecule has 15 heteroatoms. The van der Waals surface area contributed by atoms with Crippen molar-refractivity contribution in [3.05, 3.63) is 130 Å². The van der Waals surface area contributed by atoms with Crippen molar-refractivity contribution in [1.82, 2.24) is 20.2 Å². The Morgan fingerprint density at radius 2 is 1.81 bits per heavy atom. The number of aromatic nitrogens is 2. The summed E-state index contributed by atoms with van der Waals surface area (Å²) in [4.78, 5) is 68.2. The molecular weight excluding hydrogens is 721 g/mol. The van der Waals surface area contributed by atoms with Gasteiger partial charge < -0.3 is 20.2 Å². The van der Waals surface area contributed by atoms with Gasteiger partial charge in [0.05, 0.1) is 0 Å². The lowest BCUT2D eigenvalue weighted by Gasteiger charge is -2.49. The monoisotopic (exact) mass is 752 g/mol. The van der Waals surface area contributed by atoms with Crippen LogP contribution in [0.3, 0.4) is 0 Å². The van der Waals surface area contributed by atoms with Crippen molar-refractivity contribution in [1.29, 1.82) is 0 Å². The second-order valence-electron chi connectivity index (χ2n) is 11.9. The van der Waals surface area contributed by atoms with Gasteiger partial charge in [0.2, 0.25) is 6.41 Å². The maximum absolute atomic E-state index is 14.3. The molecule has 2 atom stereocenters. The smallest absolute Gasteiger partial charge is 0.356 e. The molecule has 3 aliphatic rings. The molecule has 2 fully saturated rings. The number of nitrogens with one attached hydrogen (secondary N) is 2. The number of anilines is 1. The largest absolute Gasteiger partial charge is 0.448 e. The number of pyridine rings is 1. The number of hydrogen-bond donors (Lipinski definition) is 2. The third-order valence-electron chi connectivity index (χ3n) is 8.22. The van der Waals surface area contributed by atoms with E-state index in [9.17, 15) is 19.2 Å². The van der Waals surface area contributed by atoms with Crippen LogP contribution < -0.4 is 10.6 Å². The molecular formula is C37H32N6O6S3. The van der Waals surface area contributed by atoms with E-state index in [0.29, 0.717) is 17.9 Å². The summed E-state index contributed by atoms with van der Waals surface area (Å²) in [5.41, 5.74) is 3.50. The van der Waals surface area contributed by atoms with Gasteiger partial charge in [0.1, 0.15) is 28.9 Å². The van der Waals surface area contributed by atoms with Crippen LogP contribution in [0.15, 0.2) is 112 Å². The minimum atomic E-state index is -0.948. The van der Waals surface area contributed by atoms with Crippen LogP contribution in [0, 0.1) is 0 Å². The van der Waals surface area contributed by atoms with E-state index in [0.717, 1.165) is 46.4 Å². The Kier molecular flexibility index (Phi) is 11.1. The zero-order valence-electron chi connectivity index (χ0n) is 27.5. The van der Waals surface area contributed by atoms with E-state index < -0.39 is 35.3 Å². The second kappa shape index (κ2) is 16.4. The lowest BCUT2D eigenvalue weighted by Crippen LogP contribution is -2.71. The molecule has 3 amide bonds. The average Bonchev–Trinajstić information content (AvgIpc) is 3.90. The van der Waals surface area contributed by atoms with Crippen LogP contribution in [0.5, 0.6) is 0 Å². The fraction of sp³-hybridized carbons (Fsp3) is 0.216. The molecule has 1 aliphatic carbocycles. The Hall–Kier alpha value is -5.25. The van der Waals surface area contributed by atoms with Gasteiger partial charge in [-0.3, -0.25) is 24.3 Å². The summed E-state index contributed by atoms with van der Waals surface area (Å²) in [6.07, 6.45) is 6.72. The van der Waals surface area contributed by atoms with Crippen molar-refractivity contribution < 1.29 is 28.8 Å². The van der Waals surface area contributed by atoms with Gasteiger partial charge in [-0.2, -0.15) is 0 Å². The molecule has 0 bridgehead atoms. The quantitative estimate of drug-likeness (QED) is 0.0533. The number of esters is 1. The fourth-order valence-corrected chi connectivity index (χ4v) is 8.41. The first-order valence-electron chi connectivity index (χ1n) is 16.4. The van der Waals surface area contributed by atoms with E-state index in [4.69, 9.17) is 9.57 Å². The first-order chi connectivity index (χ1) is 25.5. The molecule has 4 heterocycles. The van der Waals surface area contributed by atoms with Crippen molar-refractivity contribution in [3.63, 3.8) is 0 Å². The van der Waals surface area contributed by atoms with E-state index in [1.165, 1.54) is 28.4 Å². The zero-order chi connectivity index (χ0) is 35.9. The third kappa shape index (κ3) is 8.11. The molecule has 1 saturated carbocycles. The molecule has 4 aromatic rings. The zero-order valence-corrected chi connectivity index (χ0v) is 29.9. The number of β-lactam (4-membered cyclic amide) rings is 1. The average molecular weight is 753 g/mol. The van der Waals surface area contributed by atoms with Crippen LogP contribution in [-0.4, -0.2) is 73.8 Å². The number of fused-ring (bicyclic) bond motifs is 1. The van der Waals surface area contributed by atoms with Gasteiger partial charge in [0.15, 0.2) is 16.9 Å². The van der Waals surface area contributed by atoms with Crippen LogP contribution >= 0.6 is 34.9 Å². The van der Waals surface area contributed by atoms with Gasteiger partial charge in [-0.15, -0.1) is 34.9 Å². The molecule has 2 aromatic heterocycles. The molecule has 52 heavy (non-hydrogen) atoms. The maximum Gasteiger partial charge on any atom is 0.356 e. The van der Waals surface area contributed by atoms with E-state index in [-0.39, 0.29) is 28.3 Å². The number of carbonyl (C=O) groups excluding carboxylic acids is 4. The summed E-state index contributed by atoms with van der Waals surface area (Å²) in [6, 6.07) is 21.7. The fourth-order valence-electron chi connectivity index (χ4n) is 5.49. The van der Waals surface area contributed by atoms with Crippen LogP contribution in [0.1, 0.15) is 41.3 Å². The van der Waals surface area contributed by atoms with Gasteiger partial charge in [-0.1, -0.05) is 71.9 Å². The Bertz CT molecular complexity index is 1980. The number of thioether (sulfide) groups is 2. The van der Waals surface area contributed by atoms with Crippen LogP contribution in [0.2, 0.25) is 0 Å². The Balaban J connectivity index is 1.14. The van der Waals surface area contributed by atoms with Gasteiger partial charge in [0, 0.05) is 29.3 Å². The molecule has 2 aliphatic heterocycles. The minimum Gasteiger partial charge on any atom is -0.448 e. The summed E-state index contributed by atoms with van der Waals surface area (Å²) in [7, 11) is 0. The molecule has 7 rings (SSSR count). The highest BCUT2D eigenvalue weighted by Gasteiger charge is 2.55. The van der Waals surface area contributed by atoms with Gasteiger partial charge in [-0.25, -0.2) is 9.78 Å². The Morgan fingerprint density at radius 1 is 1.06 bits per heavy atom. The van der Waals surface area contributed by atoms with Crippen molar-refractivity contribution in [2.45, 2.75) is 36.5 Å². The number of amides is 3. The molecule has 12 nitrogen and oxygen atoms in total. The van der Waals surface area contributed by atoms with Crippen LogP contribution in [0.25, 0.3) is 6.08 Å². The number of nitrogens with zero attached hydrogens (tertiary/aromatic N) is 4. The van der Waals surface area contributed by atoms with E-state index >= 15 is 0 Å². The predicted octanol–water partition coefficient (Wildman–Crippen LogP) is 5.38. The molecule has 0 radical (unpaired) electrons. The molecule has 0 spiro atoms.